The van der Waals surface area contributed by atoms with E-state index < -0.39 is 21.7 Å². The van der Waals surface area contributed by atoms with Crippen molar-refractivity contribution in [3.05, 3.63) is 82.9 Å². The molecule has 3 rings (SSSR count). The van der Waals surface area contributed by atoms with Crippen LogP contribution in [0.2, 0.25) is 5.02 Å². The van der Waals surface area contributed by atoms with Gasteiger partial charge in [0.2, 0.25) is 0 Å². The van der Waals surface area contributed by atoms with E-state index in [-0.39, 0.29) is 21.3 Å². The standard InChI is InChI=1S/C21H17ClF2N2O3S2/c1-13-3-2-4-14(11-13)20(27)25-19-12-17(9-10-18(19)22)31(28,29)26-15-5-7-16(8-6-15)30-21(23)24/h2-12,21,26H,1H3,(H,25,27). The van der Waals surface area contributed by atoms with Crippen LogP contribution in [-0.4, -0.2) is 20.1 Å². The van der Waals surface area contributed by atoms with Crippen molar-refractivity contribution in [3.8, 4) is 0 Å². The molecule has 31 heavy (non-hydrogen) atoms. The van der Waals surface area contributed by atoms with E-state index in [9.17, 15) is 22.0 Å². The lowest BCUT2D eigenvalue weighted by molar-refractivity contribution is 0.102. The third-order valence-electron chi connectivity index (χ3n) is 4.11. The molecule has 0 radical (unpaired) electrons. The van der Waals surface area contributed by atoms with E-state index in [4.69, 9.17) is 11.6 Å². The zero-order chi connectivity index (χ0) is 22.6. The summed E-state index contributed by atoms with van der Waals surface area (Å²) in [6.07, 6.45) is 0. The molecule has 0 spiro atoms. The van der Waals surface area contributed by atoms with Gasteiger partial charge in [0.15, 0.2) is 0 Å². The summed E-state index contributed by atoms with van der Waals surface area (Å²) < 4.78 is 52.7. The number of alkyl halides is 2. The number of carbonyl (C=O) groups excluding carboxylic acids is 1. The van der Waals surface area contributed by atoms with Crippen LogP contribution in [0, 0.1) is 6.92 Å². The lowest BCUT2D eigenvalue weighted by atomic mass is 10.1. The molecule has 5 nitrogen and oxygen atoms in total. The van der Waals surface area contributed by atoms with Gasteiger partial charge in [0.1, 0.15) is 0 Å². The van der Waals surface area contributed by atoms with Crippen molar-refractivity contribution in [2.24, 2.45) is 0 Å². The predicted octanol–water partition coefficient (Wildman–Crippen LogP) is 6.02. The molecule has 0 saturated carbocycles. The molecule has 1 amide bonds. The van der Waals surface area contributed by atoms with Gasteiger partial charge >= 0.3 is 0 Å². The summed E-state index contributed by atoms with van der Waals surface area (Å²) in [4.78, 5) is 12.7. The van der Waals surface area contributed by atoms with Gasteiger partial charge in [-0.3, -0.25) is 9.52 Å². The van der Waals surface area contributed by atoms with Crippen LogP contribution in [0.5, 0.6) is 0 Å². The molecule has 3 aromatic carbocycles. The van der Waals surface area contributed by atoms with Crippen LogP contribution in [0.15, 0.2) is 76.5 Å². The maximum Gasteiger partial charge on any atom is 0.288 e. The molecule has 0 aliphatic heterocycles. The number of benzene rings is 3. The fourth-order valence-corrected chi connectivity index (χ4v) is 4.41. The Labute approximate surface area is 187 Å². The van der Waals surface area contributed by atoms with Crippen LogP contribution < -0.4 is 10.0 Å². The van der Waals surface area contributed by atoms with Crippen LogP contribution in [0.4, 0.5) is 20.2 Å². The number of nitrogens with one attached hydrogen (secondary N) is 2. The maximum atomic E-state index is 12.7. The number of halogens is 3. The normalized spacial score (nSPS) is 11.4. The van der Waals surface area contributed by atoms with E-state index in [2.05, 4.69) is 10.0 Å². The number of hydrogen-bond donors (Lipinski definition) is 2. The van der Waals surface area contributed by atoms with Crippen LogP contribution in [0.3, 0.4) is 0 Å². The summed E-state index contributed by atoms with van der Waals surface area (Å²) >= 11 is 6.50. The third kappa shape index (κ3) is 6.19. The molecule has 3 aromatic rings. The third-order valence-corrected chi connectivity index (χ3v) is 6.54. The van der Waals surface area contributed by atoms with E-state index in [0.29, 0.717) is 22.2 Å². The van der Waals surface area contributed by atoms with Gasteiger partial charge in [0.05, 0.1) is 15.6 Å². The van der Waals surface area contributed by atoms with Gasteiger partial charge in [0, 0.05) is 16.1 Å². The molecule has 10 heteroatoms. The van der Waals surface area contributed by atoms with E-state index in [1.54, 1.807) is 18.2 Å². The largest absolute Gasteiger partial charge is 0.321 e. The van der Waals surface area contributed by atoms with Gasteiger partial charge in [-0.2, -0.15) is 8.78 Å². The fraction of sp³-hybridized carbons (Fsp3) is 0.0952. The van der Waals surface area contributed by atoms with Crippen LogP contribution in [0.25, 0.3) is 0 Å². The first-order chi connectivity index (χ1) is 14.6. The monoisotopic (exact) mass is 482 g/mol. The SMILES string of the molecule is Cc1cccc(C(=O)Nc2cc(S(=O)(=O)Nc3ccc(SC(F)F)cc3)ccc2Cl)c1. The van der Waals surface area contributed by atoms with E-state index in [1.807, 2.05) is 13.0 Å². The number of amides is 1. The molecular formula is C21H17ClF2N2O3S2. The molecule has 0 aromatic heterocycles. The van der Waals surface area contributed by atoms with Gasteiger partial charge in [-0.25, -0.2) is 8.42 Å². The van der Waals surface area contributed by atoms with Crippen molar-refractivity contribution in [1.29, 1.82) is 0 Å². The number of thioether (sulfide) groups is 1. The molecule has 0 unspecified atom stereocenters. The highest BCUT2D eigenvalue weighted by Gasteiger charge is 2.18. The summed E-state index contributed by atoms with van der Waals surface area (Å²) in [5.41, 5.74) is 1.65. The van der Waals surface area contributed by atoms with Crippen molar-refractivity contribution in [2.75, 3.05) is 10.0 Å². The predicted molar refractivity (Wildman–Crippen MR) is 120 cm³/mol. The Balaban J connectivity index is 1.80. The number of anilines is 2. The number of rotatable bonds is 7. The van der Waals surface area contributed by atoms with Crippen molar-refractivity contribution in [1.82, 2.24) is 0 Å². The molecule has 0 fully saturated rings. The molecule has 0 bridgehead atoms. The van der Waals surface area contributed by atoms with Gasteiger partial charge in [-0.1, -0.05) is 41.1 Å². The second-order valence-electron chi connectivity index (χ2n) is 6.47. The number of sulfonamides is 1. The number of carbonyl (C=O) groups is 1. The second kappa shape index (κ2) is 9.67. The Hall–Kier alpha value is -2.62. The molecule has 0 saturated heterocycles. The minimum Gasteiger partial charge on any atom is -0.321 e. The molecular weight excluding hydrogens is 466 g/mol. The van der Waals surface area contributed by atoms with Gasteiger partial charge in [-0.15, -0.1) is 0 Å². The fourth-order valence-electron chi connectivity index (χ4n) is 2.67. The summed E-state index contributed by atoms with van der Waals surface area (Å²) in [5, 5.41) is 2.79. The summed E-state index contributed by atoms with van der Waals surface area (Å²) in [5.74, 6) is -3.00. The Morgan fingerprint density at radius 1 is 1.03 bits per heavy atom. The highest BCUT2D eigenvalue weighted by molar-refractivity contribution is 7.99. The molecule has 0 atom stereocenters. The van der Waals surface area contributed by atoms with Gasteiger partial charge < -0.3 is 5.32 Å². The van der Waals surface area contributed by atoms with E-state index in [0.717, 1.165) is 5.56 Å². The highest BCUT2D eigenvalue weighted by atomic mass is 35.5. The minimum atomic E-state index is -4.01. The van der Waals surface area contributed by atoms with Crippen molar-refractivity contribution in [2.45, 2.75) is 22.5 Å². The highest BCUT2D eigenvalue weighted by Crippen LogP contribution is 2.29. The Morgan fingerprint density at radius 2 is 1.74 bits per heavy atom. The van der Waals surface area contributed by atoms with E-state index >= 15 is 0 Å². The topological polar surface area (TPSA) is 75.3 Å². The van der Waals surface area contributed by atoms with Crippen LogP contribution >= 0.6 is 23.4 Å². The maximum absolute atomic E-state index is 12.7. The summed E-state index contributed by atoms with van der Waals surface area (Å²) in [6, 6.07) is 16.4. The first kappa shape index (κ1) is 23.1. The van der Waals surface area contributed by atoms with Gasteiger partial charge in [0.25, 0.3) is 21.7 Å². The molecule has 0 heterocycles. The number of aryl methyl sites for hydroxylation is 1. The Morgan fingerprint density at radius 3 is 2.39 bits per heavy atom. The van der Waals surface area contributed by atoms with Crippen LogP contribution in [0.1, 0.15) is 15.9 Å². The number of hydrogen-bond acceptors (Lipinski definition) is 4. The molecule has 2 N–H and O–H groups in total. The minimum absolute atomic E-state index is 0.123. The summed E-state index contributed by atoms with van der Waals surface area (Å²) in [6.45, 7) is 1.85. The summed E-state index contributed by atoms with van der Waals surface area (Å²) in [7, 11) is -4.01. The smallest absolute Gasteiger partial charge is 0.288 e. The first-order valence-corrected chi connectivity index (χ1v) is 11.6. The van der Waals surface area contributed by atoms with E-state index in [1.165, 1.54) is 42.5 Å². The van der Waals surface area contributed by atoms with Crippen molar-refractivity contribution >= 4 is 50.7 Å². The zero-order valence-corrected chi connectivity index (χ0v) is 18.5. The lowest BCUT2D eigenvalue weighted by Gasteiger charge is -2.12. The molecule has 0 aliphatic carbocycles. The Bertz CT molecular complexity index is 1200. The zero-order valence-electron chi connectivity index (χ0n) is 16.1. The Kier molecular flexibility index (Phi) is 7.19. The quantitative estimate of drug-likeness (QED) is 0.404. The molecule has 162 valence electrons. The average Bonchev–Trinajstić information content (AvgIpc) is 2.70. The average molecular weight is 483 g/mol. The van der Waals surface area contributed by atoms with Crippen LogP contribution in [-0.2, 0) is 10.0 Å². The molecule has 0 aliphatic rings. The second-order valence-corrected chi connectivity index (χ2v) is 9.63. The van der Waals surface area contributed by atoms with Crippen molar-refractivity contribution in [3.63, 3.8) is 0 Å². The van der Waals surface area contributed by atoms with Gasteiger partial charge in [-0.05, 0) is 61.5 Å². The first-order valence-electron chi connectivity index (χ1n) is 8.89. The van der Waals surface area contributed by atoms with Crippen molar-refractivity contribution < 1.29 is 22.0 Å². The lowest BCUT2D eigenvalue weighted by Crippen LogP contribution is -2.15.